The second-order valence-electron chi connectivity index (χ2n) is 4.24. The number of hydrogen-bond acceptors (Lipinski definition) is 4. The lowest BCUT2D eigenvalue weighted by molar-refractivity contribution is 0.0952. The molecule has 0 saturated heterocycles. The normalized spacial score (nSPS) is 11.7. The summed E-state index contributed by atoms with van der Waals surface area (Å²) >= 11 is 3.44. The number of hydrogen-bond donors (Lipinski definition) is 1. The molecule has 112 valence electrons. The Bertz CT molecular complexity index is 437. The standard InChI is InChI=1S/C14H20BrNO4/c1-9(15)5-6-16-14(17)10-7-11(18-2)13(20-4)12(8-10)19-3/h7-9H,5-6H2,1-4H3,(H,16,17). The van der Waals surface area contributed by atoms with Crippen molar-refractivity contribution < 1.29 is 19.0 Å². The Labute approximate surface area is 127 Å². The number of methoxy groups -OCH3 is 3. The van der Waals surface area contributed by atoms with Gasteiger partial charge in [0, 0.05) is 16.9 Å². The van der Waals surface area contributed by atoms with Crippen LogP contribution in [0.1, 0.15) is 23.7 Å². The second-order valence-corrected chi connectivity index (χ2v) is 5.80. The zero-order chi connectivity index (χ0) is 15.1. The van der Waals surface area contributed by atoms with Crippen LogP contribution in [0.3, 0.4) is 0 Å². The molecule has 20 heavy (non-hydrogen) atoms. The summed E-state index contributed by atoms with van der Waals surface area (Å²) in [5.41, 5.74) is 0.474. The first-order valence-electron chi connectivity index (χ1n) is 6.25. The van der Waals surface area contributed by atoms with Crippen LogP contribution < -0.4 is 19.5 Å². The second kappa shape index (κ2) is 7.99. The molecule has 0 aliphatic carbocycles. The Morgan fingerprint density at radius 3 is 2.15 bits per heavy atom. The molecule has 1 rings (SSSR count). The van der Waals surface area contributed by atoms with E-state index in [2.05, 4.69) is 21.2 Å². The van der Waals surface area contributed by atoms with Gasteiger partial charge < -0.3 is 19.5 Å². The maximum absolute atomic E-state index is 12.1. The van der Waals surface area contributed by atoms with E-state index in [0.717, 1.165) is 6.42 Å². The van der Waals surface area contributed by atoms with Gasteiger partial charge >= 0.3 is 0 Å². The zero-order valence-corrected chi connectivity index (χ0v) is 13.7. The van der Waals surface area contributed by atoms with Crippen molar-refractivity contribution in [2.45, 2.75) is 18.2 Å². The minimum absolute atomic E-state index is 0.169. The Morgan fingerprint density at radius 2 is 1.75 bits per heavy atom. The zero-order valence-electron chi connectivity index (χ0n) is 12.2. The molecule has 1 aromatic rings. The molecule has 0 spiro atoms. The highest BCUT2D eigenvalue weighted by molar-refractivity contribution is 9.09. The van der Waals surface area contributed by atoms with Gasteiger partial charge in [-0.05, 0) is 18.6 Å². The predicted molar refractivity (Wildman–Crippen MR) is 81.4 cm³/mol. The summed E-state index contributed by atoms with van der Waals surface area (Å²) < 4.78 is 15.7. The van der Waals surface area contributed by atoms with Crippen molar-refractivity contribution in [1.29, 1.82) is 0 Å². The lowest BCUT2D eigenvalue weighted by Crippen LogP contribution is -2.25. The SMILES string of the molecule is COc1cc(C(=O)NCCC(C)Br)cc(OC)c1OC. The van der Waals surface area contributed by atoms with Crippen LogP contribution in [0.25, 0.3) is 0 Å². The topological polar surface area (TPSA) is 56.8 Å². The van der Waals surface area contributed by atoms with Gasteiger partial charge in [-0.25, -0.2) is 0 Å². The van der Waals surface area contributed by atoms with Gasteiger partial charge in [0.15, 0.2) is 11.5 Å². The Hall–Kier alpha value is -1.43. The Kier molecular flexibility index (Phi) is 6.64. The summed E-state index contributed by atoms with van der Waals surface area (Å²) in [6.07, 6.45) is 0.857. The molecule has 0 saturated carbocycles. The lowest BCUT2D eigenvalue weighted by atomic mass is 10.1. The van der Waals surface area contributed by atoms with Gasteiger partial charge in [0.1, 0.15) is 0 Å². The first-order valence-corrected chi connectivity index (χ1v) is 7.17. The molecule has 5 nitrogen and oxygen atoms in total. The lowest BCUT2D eigenvalue weighted by Gasteiger charge is -2.14. The van der Waals surface area contributed by atoms with Crippen molar-refractivity contribution in [3.8, 4) is 17.2 Å². The highest BCUT2D eigenvalue weighted by atomic mass is 79.9. The average Bonchev–Trinajstić information content (AvgIpc) is 2.44. The monoisotopic (exact) mass is 345 g/mol. The number of nitrogens with one attached hydrogen (secondary N) is 1. The molecule has 0 bridgehead atoms. The van der Waals surface area contributed by atoms with E-state index in [1.165, 1.54) is 21.3 Å². The van der Waals surface area contributed by atoms with Gasteiger partial charge in [-0.3, -0.25) is 4.79 Å². The quantitative estimate of drug-likeness (QED) is 0.771. The van der Waals surface area contributed by atoms with Gasteiger partial charge in [0.05, 0.1) is 21.3 Å². The van der Waals surface area contributed by atoms with Crippen molar-refractivity contribution >= 4 is 21.8 Å². The molecule has 1 atom stereocenters. The van der Waals surface area contributed by atoms with Crippen molar-refractivity contribution in [3.05, 3.63) is 17.7 Å². The summed E-state index contributed by atoms with van der Waals surface area (Å²) in [5.74, 6) is 1.23. The highest BCUT2D eigenvalue weighted by Crippen LogP contribution is 2.38. The van der Waals surface area contributed by atoms with E-state index in [0.29, 0.717) is 34.2 Å². The molecule has 0 heterocycles. The Balaban J connectivity index is 2.92. The van der Waals surface area contributed by atoms with Gasteiger partial charge in [-0.15, -0.1) is 0 Å². The summed E-state index contributed by atoms with van der Waals surface area (Å²) in [6.45, 7) is 2.63. The van der Waals surface area contributed by atoms with Crippen molar-refractivity contribution in [3.63, 3.8) is 0 Å². The highest BCUT2D eigenvalue weighted by Gasteiger charge is 2.16. The minimum Gasteiger partial charge on any atom is -0.493 e. The number of carbonyl (C=O) groups is 1. The van der Waals surface area contributed by atoms with Crippen molar-refractivity contribution in [2.24, 2.45) is 0 Å². The summed E-state index contributed by atoms with van der Waals surface area (Å²) in [7, 11) is 4.56. The predicted octanol–water partition coefficient (Wildman–Crippen LogP) is 2.62. The molecular formula is C14H20BrNO4. The van der Waals surface area contributed by atoms with Crippen molar-refractivity contribution in [1.82, 2.24) is 5.32 Å². The van der Waals surface area contributed by atoms with E-state index in [9.17, 15) is 4.79 Å². The molecule has 0 fully saturated rings. The smallest absolute Gasteiger partial charge is 0.251 e. The van der Waals surface area contributed by atoms with Crippen LogP contribution in [0.5, 0.6) is 17.2 Å². The summed E-state index contributed by atoms with van der Waals surface area (Å²) in [4.78, 5) is 12.4. The third-order valence-electron chi connectivity index (χ3n) is 2.75. The number of halogens is 1. The van der Waals surface area contributed by atoms with Crippen LogP contribution in [-0.4, -0.2) is 38.6 Å². The number of benzene rings is 1. The van der Waals surface area contributed by atoms with Crippen LogP contribution in [0.15, 0.2) is 12.1 Å². The molecule has 0 aliphatic heterocycles. The van der Waals surface area contributed by atoms with Crippen LogP contribution in [0, 0.1) is 0 Å². The van der Waals surface area contributed by atoms with E-state index in [-0.39, 0.29) is 5.91 Å². The van der Waals surface area contributed by atoms with E-state index < -0.39 is 0 Å². The number of alkyl halides is 1. The van der Waals surface area contributed by atoms with Gasteiger partial charge in [0.25, 0.3) is 5.91 Å². The molecule has 0 aliphatic rings. The molecule has 1 unspecified atom stereocenters. The van der Waals surface area contributed by atoms with Crippen LogP contribution >= 0.6 is 15.9 Å². The first kappa shape index (κ1) is 16.6. The van der Waals surface area contributed by atoms with E-state index in [1.54, 1.807) is 12.1 Å². The molecule has 6 heteroatoms. The fourth-order valence-corrected chi connectivity index (χ4v) is 1.93. The first-order chi connectivity index (χ1) is 9.53. The molecule has 1 amide bonds. The maximum atomic E-state index is 12.1. The number of carbonyl (C=O) groups excluding carboxylic acids is 1. The van der Waals surface area contributed by atoms with E-state index >= 15 is 0 Å². The minimum atomic E-state index is -0.169. The number of ether oxygens (including phenoxy) is 3. The molecular weight excluding hydrogens is 326 g/mol. The average molecular weight is 346 g/mol. The van der Waals surface area contributed by atoms with Crippen LogP contribution in [0.4, 0.5) is 0 Å². The summed E-state index contributed by atoms with van der Waals surface area (Å²) in [5, 5.41) is 2.85. The number of amides is 1. The largest absolute Gasteiger partial charge is 0.493 e. The Morgan fingerprint density at radius 1 is 1.20 bits per heavy atom. The summed E-state index contributed by atoms with van der Waals surface area (Å²) in [6, 6.07) is 3.27. The van der Waals surface area contributed by atoms with Gasteiger partial charge in [0.2, 0.25) is 5.75 Å². The van der Waals surface area contributed by atoms with Crippen molar-refractivity contribution in [2.75, 3.05) is 27.9 Å². The molecule has 0 aromatic heterocycles. The maximum Gasteiger partial charge on any atom is 0.251 e. The fourth-order valence-electron chi connectivity index (χ4n) is 1.70. The van der Waals surface area contributed by atoms with E-state index in [4.69, 9.17) is 14.2 Å². The third-order valence-corrected chi connectivity index (χ3v) is 3.21. The fraction of sp³-hybridized carbons (Fsp3) is 0.500. The number of rotatable bonds is 7. The van der Waals surface area contributed by atoms with Gasteiger partial charge in [-0.1, -0.05) is 22.9 Å². The van der Waals surface area contributed by atoms with Gasteiger partial charge in [-0.2, -0.15) is 0 Å². The molecule has 1 aromatic carbocycles. The molecule has 1 N–H and O–H groups in total. The molecule has 0 radical (unpaired) electrons. The van der Waals surface area contributed by atoms with Crippen LogP contribution in [0.2, 0.25) is 0 Å². The van der Waals surface area contributed by atoms with Crippen LogP contribution in [-0.2, 0) is 0 Å². The third kappa shape index (κ3) is 4.30. The van der Waals surface area contributed by atoms with E-state index in [1.807, 2.05) is 6.92 Å².